The molecule has 1 aromatic carbocycles. The molecule has 6 heteroatoms. The minimum Gasteiger partial charge on any atom is -0.445 e. The van der Waals surface area contributed by atoms with Gasteiger partial charge in [0, 0.05) is 0 Å². The molecule has 1 heterocycles. The monoisotopic (exact) mass is 317 g/mol. The highest BCUT2D eigenvalue weighted by Gasteiger charge is 2.49. The highest BCUT2D eigenvalue weighted by Crippen LogP contribution is 2.33. The number of fused-ring (bicyclic) bond motifs is 1. The van der Waals surface area contributed by atoms with E-state index in [1.54, 1.807) is 19.9 Å². The second kappa shape index (κ2) is 6.14. The fourth-order valence-corrected chi connectivity index (χ4v) is 2.71. The van der Waals surface area contributed by atoms with Crippen LogP contribution in [0, 0.1) is 0 Å². The van der Waals surface area contributed by atoms with Gasteiger partial charge in [0.05, 0.1) is 6.04 Å². The van der Waals surface area contributed by atoms with Crippen LogP contribution in [-0.2, 0) is 25.6 Å². The maximum absolute atomic E-state index is 12.0. The summed E-state index contributed by atoms with van der Waals surface area (Å²) in [5, 5.41) is 2.71. The van der Waals surface area contributed by atoms with Gasteiger partial charge in [0.2, 0.25) is 0 Å². The number of amides is 1. The van der Waals surface area contributed by atoms with E-state index in [4.69, 9.17) is 14.2 Å². The van der Waals surface area contributed by atoms with Gasteiger partial charge in [0.25, 0.3) is 0 Å². The molecule has 0 spiro atoms. The summed E-state index contributed by atoms with van der Waals surface area (Å²) in [6.07, 6.45) is 1.21. The third-order valence-corrected chi connectivity index (χ3v) is 3.73. The predicted octanol–water partition coefficient (Wildman–Crippen LogP) is 1.94. The molecule has 1 aromatic rings. The fraction of sp³-hybridized carbons (Fsp3) is 0.412. The first kappa shape index (κ1) is 15.7. The van der Waals surface area contributed by atoms with E-state index in [2.05, 4.69) is 5.32 Å². The number of benzene rings is 1. The molecule has 0 aromatic heterocycles. The summed E-state index contributed by atoms with van der Waals surface area (Å²) in [6, 6.07) is 8.93. The third-order valence-electron chi connectivity index (χ3n) is 3.73. The Morgan fingerprint density at radius 1 is 1.26 bits per heavy atom. The zero-order valence-electron chi connectivity index (χ0n) is 13.0. The molecule has 1 amide bonds. The molecule has 23 heavy (non-hydrogen) atoms. The van der Waals surface area contributed by atoms with Crippen molar-refractivity contribution in [1.82, 2.24) is 5.32 Å². The average molecular weight is 317 g/mol. The molecule has 3 atom stereocenters. The number of alkyl carbamates (subject to hydrolysis) is 1. The van der Waals surface area contributed by atoms with Crippen molar-refractivity contribution in [1.29, 1.82) is 0 Å². The van der Waals surface area contributed by atoms with Crippen molar-refractivity contribution in [3.8, 4) is 0 Å². The molecular weight excluding hydrogens is 298 g/mol. The van der Waals surface area contributed by atoms with Crippen LogP contribution in [0.1, 0.15) is 19.4 Å². The average Bonchev–Trinajstić information content (AvgIpc) is 2.86. The van der Waals surface area contributed by atoms with Gasteiger partial charge in [-0.15, -0.1) is 0 Å². The number of carbonyl (C=O) groups is 2. The molecule has 2 aliphatic rings. The zero-order valence-corrected chi connectivity index (χ0v) is 13.0. The van der Waals surface area contributed by atoms with Crippen molar-refractivity contribution in [2.45, 2.75) is 44.5 Å². The summed E-state index contributed by atoms with van der Waals surface area (Å²) < 4.78 is 16.5. The summed E-state index contributed by atoms with van der Waals surface area (Å²) in [4.78, 5) is 23.8. The predicted molar refractivity (Wildman–Crippen MR) is 81.5 cm³/mol. The SMILES string of the molecule is CC1(C)O[C@@H]2[C@H](O1)C(=O)C=C[C@H]2NC(=O)OCc1ccccc1. The van der Waals surface area contributed by atoms with Crippen LogP contribution in [0.25, 0.3) is 0 Å². The van der Waals surface area contributed by atoms with Gasteiger partial charge in [-0.05, 0) is 25.5 Å². The highest BCUT2D eigenvalue weighted by molar-refractivity contribution is 5.95. The van der Waals surface area contributed by atoms with Crippen molar-refractivity contribution in [2.75, 3.05) is 0 Å². The molecule has 0 unspecified atom stereocenters. The number of ketones is 1. The Bertz CT molecular complexity index is 625. The maximum atomic E-state index is 12.0. The largest absolute Gasteiger partial charge is 0.445 e. The number of rotatable bonds is 3. The van der Waals surface area contributed by atoms with Gasteiger partial charge in [0.1, 0.15) is 12.7 Å². The summed E-state index contributed by atoms with van der Waals surface area (Å²) in [6.45, 7) is 3.66. The van der Waals surface area contributed by atoms with E-state index in [1.165, 1.54) is 6.08 Å². The molecule has 1 fully saturated rings. The molecule has 1 aliphatic heterocycles. The molecule has 0 radical (unpaired) electrons. The number of hydrogen-bond donors (Lipinski definition) is 1. The first-order valence-corrected chi connectivity index (χ1v) is 7.49. The van der Waals surface area contributed by atoms with Gasteiger partial charge in [0.15, 0.2) is 17.7 Å². The van der Waals surface area contributed by atoms with Crippen LogP contribution >= 0.6 is 0 Å². The summed E-state index contributed by atoms with van der Waals surface area (Å²) in [5.74, 6) is -1.01. The van der Waals surface area contributed by atoms with Crippen molar-refractivity contribution in [3.63, 3.8) is 0 Å². The number of nitrogens with one attached hydrogen (secondary N) is 1. The Morgan fingerprint density at radius 2 is 2.00 bits per heavy atom. The van der Waals surface area contributed by atoms with Gasteiger partial charge in [-0.2, -0.15) is 0 Å². The number of ether oxygens (including phenoxy) is 3. The third kappa shape index (κ3) is 3.60. The highest BCUT2D eigenvalue weighted by atomic mass is 16.8. The van der Waals surface area contributed by atoms with Crippen LogP contribution in [0.15, 0.2) is 42.5 Å². The molecule has 122 valence electrons. The Balaban J connectivity index is 1.59. The second-order valence-electron chi connectivity index (χ2n) is 6.01. The molecule has 1 saturated heterocycles. The summed E-state index contributed by atoms with van der Waals surface area (Å²) in [5.41, 5.74) is 0.900. The normalized spacial score (nSPS) is 28.3. The van der Waals surface area contributed by atoms with Crippen molar-refractivity contribution in [2.24, 2.45) is 0 Å². The van der Waals surface area contributed by atoms with E-state index in [0.29, 0.717) is 0 Å². The van der Waals surface area contributed by atoms with Crippen molar-refractivity contribution in [3.05, 3.63) is 48.0 Å². The molecule has 6 nitrogen and oxygen atoms in total. The molecule has 0 saturated carbocycles. The maximum Gasteiger partial charge on any atom is 0.408 e. The first-order valence-electron chi connectivity index (χ1n) is 7.49. The van der Waals surface area contributed by atoms with Crippen LogP contribution in [0.2, 0.25) is 0 Å². The van der Waals surface area contributed by atoms with E-state index >= 15 is 0 Å². The van der Waals surface area contributed by atoms with Gasteiger partial charge in [-0.25, -0.2) is 4.79 Å². The standard InChI is InChI=1S/C17H19NO5/c1-17(2)22-14-12(8-9-13(19)15(14)23-17)18-16(20)21-10-11-6-4-3-5-7-11/h3-9,12,14-15H,10H2,1-2H3,(H,18,20)/t12-,14+,15-/m1/s1. The lowest BCUT2D eigenvalue weighted by Gasteiger charge is -2.26. The Kier molecular flexibility index (Phi) is 4.19. The van der Waals surface area contributed by atoms with E-state index in [1.807, 2.05) is 30.3 Å². The summed E-state index contributed by atoms with van der Waals surface area (Å²) >= 11 is 0. The minimum absolute atomic E-state index is 0.156. The minimum atomic E-state index is -0.856. The lowest BCUT2D eigenvalue weighted by Crippen LogP contribution is -2.50. The topological polar surface area (TPSA) is 73.9 Å². The van der Waals surface area contributed by atoms with Gasteiger partial charge in [-0.1, -0.05) is 36.4 Å². The van der Waals surface area contributed by atoms with Crippen LogP contribution < -0.4 is 5.32 Å². The van der Waals surface area contributed by atoms with E-state index < -0.39 is 30.1 Å². The first-order chi connectivity index (χ1) is 10.9. The molecule has 3 rings (SSSR count). The van der Waals surface area contributed by atoms with E-state index in [9.17, 15) is 9.59 Å². The van der Waals surface area contributed by atoms with E-state index in [0.717, 1.165) is 5.56 Å². The lowest BCUT2D eigenvalue weighted by molar-refractivity contribution is -0.152. The summed E-state index contributed by atoms with van der Waals surface area (Å²) in [7, 11) is 0. The van der Waals surface area contributed by atoms with Gasteiger partial charge >= 0.3 is 6.09 Å². The molecule has 1 N–H and O–H groups in total. The van der Waals surface area contributed by atoms with Gasteiger partial charge < -0.3 is 19.5 Å². The van der Waals surface area contributed by atoms with E-state index in [-0.39, 0.29) is 12.4 Å². The second-order valence-corrected chi connectivity index (χ2v) is 6.01. The van der Waals surface area contributed by atoms with Crippen LogP contribution in [-0.4, -0.2) is 35.9 Å². The fourth-order valence-electron chi connectivity index (χ4n) is 2.71. The van der Waals surface area contributed by atoms with Crippen molar-refractivity contribution >= 4 is 11.9 Å². The lowest BCUT2D eigenvalue weighted by atomic mass is 9.96. The van der Waals surface area contributed by atoms with Gasteiger partial charge in [-0.3, -0.25) is 4.79 Å². The molecule has 1 aliphatic carbocycles. The van der Waals surface area contributed by atoms with Crippen LogP contribution in [0.5, 0.6) is 0 Å². The number of carbonyl (C=O) groups excluding carboxylic acids is 2. The van der Waals surface area contributed by atoms with Crippen molar-refractivity contribution < 1.29 is 23.8 Å². The zero-order chi connectivity index (χ0) is 16.4. The van der Waals surface area contributed by atoms with Crippen LogP contribution in [0.3, 0.4) is 0 Å². The molecular formula is C17H19NO5. The smallest absolute Gasteiger partial charge is 0.408 e. The quantitative estimate of drug-likeness (QED) is 0.922. The molecule has 0 bridgehead atoms. The Hall–Kier alpha value is -2.18. The number of hydrogen-bond acceptors (Lipinski definition) is 5. The Labute approximate surface area is 134 Å². The van der Waals surface area contributed by atoms with Crippen LogP contribution in [0.4, 0.5) is 4.79 Å². The Morgan fingerprint density at radius 3 is 2.74 bits per heavy atom.